The first-order chi connectivity index (χ1) is 6.58. The van der Waals surface area contributed by atoms with Crippen LogP contribution >= 0.6 is 0 Å². The van der Waals surface area contributed by atoms with Crippen molar-refractivity contribution in [3.8, 4) is 0 Å². The maximum atomic E-state index is 12.0. The lowest BCUT2D eigenvalue weighted by atomic mass is 9.81. The van der Waals surface area contributed by atoms with Gasteiger partial charge in [0, 0.05) is 17.8 Å². The van der Waals surface area contributed by atoms with Crippen LogP contribution in [0.25, 0.3) is 0 Å². The molecule has 0 aromatic carbocycles. The van der Waals surface area contributed by atoms with Crippen LogP contribution in [0.3, 0.4) is 0 Å². The van der Waals surface area contributed by atoms with Gasteiger partial charge in [-0.05, 0) is 6.42 Å². The van der Waals surface area contributed by atoms with E-state index in [0.29, 0.717) is 5.56 Å². The smallest absolute Gasteiger partial charge is 0.171 e. The normalized spacial score (nSPS) is 11.4. The molecule has 0 bridgehead atoms. The minimum atomic E-state index is -0.306. The van der Waals surface area contributed by atoms with Crippen LogP contribution in [-0.2, 0) is 0 Å². The van der Waals surface area contributed by atoms with Crippen molar-refractivity contribution in [3.63, 3.8) is 0 Å². The van der Waals surface area contributed by atoms with E-state index in [1.54, 1.807) is 12.4 Å². The number of Topliss-reactive ketones (excluding diaryl/α,β-unsaturated/α-hetero) is 1. The van der Waals surface area contributed by atoms with Gasteiger partial charge in [-0.25, -0.2) is 9.97 Å². The molecule has 0 atom stereocenters. The van der Waals surface area contributed by atoms with Crippen molar-refractivity contribution in [3.05, 3.63) is 24.3 Å². The van der Waals surface area contributed by atoms with Crippen LogP contribution in [0, 0.1) is 5.41 Å². The number of hydrogen-bond acceptors (Lipinski definition) is 3. The van der Waals surface area contributed by atoms with Gasteiger partial charge in [0.05, 0.1) is 5.56 Å². The second-order valence-corrected chi connectivity index (χ2v) is 4.09. The average molecular weight is 192 g/mol. The van der Waals surface area contributed by atoms with Crippen molar-refractivity contribution >= 4 is 5.78 Å². The zero-order valence-corrected chi connectivity index (χ0v) is 8.95. The summed E-state index contributed by atoms with van der Waals surface area (Å²) in [7, 11) is 0. The molecule has 0 unspecified atom stereocenters. The third-order valence-corrected chi connectivity index (χ3v) is 2.31. The molecule has 3 nitrogen and oxygen atoms in total. The number of ketones is 1. The Bertz CT molecular complexity index is 306. The minimum Gasteiger partial charge on any atom is -0.293 e. The van der Waals surface area contributed by atoms with Crippen molar-refractivity contribution in [2.75, 3.05) is 0 Å². The zero-order valence-electron chi connectivity index (χ0n) is 8.95. The third kappa shape index (κ3) is 2.37. The van der Waals surface area contributed by atoms with E-state index in [9.17, 15) is 4.79 Å². The lowest BCUT2D eigenvalue weighted by Crippen LogP contribution is -2.24. The summed E-state index contributed by atoms with van der Waals surface area (Å²) >= 11 is 0. The molecule has 0 aliphatic carbocycles. The number of carbonyl (C=O) groups excluding carboxylic acids is 1. The van der Waals surface area contributed by atoms with Gasteiger partial charge in [-0.3, -0.25) is 4.79 Å². The maximum Gasteiger partial charge on any atom is 0.171 e. The van der Waals surface area contributed by atoms with Crippen molar-refractivity contribution < 1.29 is 4.79 Å². The Morgan fingerprint density at radius 1 is 1.36 bits per heavy atom. The van der Waals surface area contributed by atoms with Crippen LogP contribution in [-0.4, -0.2) is 15.8 Å². The topological polar surface area (TPSA) is 42.9 Å². The highest BCUT2D eigenvalue weighted by Crippen LogP contribution is 2.26. The number of nitrogens with zero attached hydrogens (tertiary/aromatic N) is 2. The number of rotatable bonds is 4. The molecule has 1 aromatic rings. The van der Waals surface area contributed by atoms with Crippen molar-refractivity contribution in [1.29, 1.82) is 0 Å². The summed E-state index contributed by atoms with van der Waals surface area (Å²) in [4.78, 5) is 19.7. The molecular weight excluding hydrogens is 176 g/mol. The second-order valence-electron chi connectivity index (χ2n) is 4.09. The molecule has 0 fully saturated rings. The summed E-state index contributed by atoms with van der Waals surface area (Å²) in [5, 5.41) is 0. The first kappa shape index (κ1) is 10.8. The summed E-state index contributed by atoms with van der Waals surface area (Å²) in [5.74, 6) is 0.125. The molecule has 0 aliphatic heterocycles. The molecule has 3 heteroatoms. The van der Waals surface area contributed by atoms with E-state index in [-0.39, 0.29) is 11.2 Å². The van der Waals surface area contributed by atoms with Gasteiger partial charge in [-0.15, -0.1) is 0 Å². The lowest BCUT2D eigenvalue weighted by molar-refractivity contribution is 0.0824. The number of aromatic nitrogens is 2. The molecule has 0 radical (unpaired) electrons. The lowest BCUT2D eigenvalue weighted by Gasteiger charge is -2.21. The zero-order chi connectivity index (χ0) is 10.6. The van der Waals surface area contributed by atoms with Gasteiger partial charge < -0.3 is 0 Å². The predicted octanol–water partition coefficient (Wildman–Crippen LogP) is 2.49. The number of hydrogen-bond donors (Lipinski definition) is 0. The van der Waals surface area contributed by atoms with Gasteiger partial charge in [-0.1, -0.05) is 27.2 Å². The van der Waals surface area contributed by atoms with Crippen molar-refractivity contribution in [1.82, 2.24) is 9.97 Å². The number of carbonyl (C=O) groups is 1. The Kier molecular flexibility index (Phi) is 3.33. The monoisotopic (exact) mass is 192 g/mol. The standard InChI is InChI=1S/C11H16N2O/c1-4-5-11(2,3)10(14)9-6-12-8-13-7-9/h6-8H,4-5H2,1-3H3. The van der Waals surface area contributed by atoms with Gasteiger partial charge in [0.25, 0.3) is 0 Å². The highest BCUT2D eigenvalue weighted by Gasteiger charge is 2.27. The molecule has 0 saturated carbocycles. The molecule has 0 spiro atoms. The van der Waals surface area contributed by atoms with E-state index in [4.69, 9.17) is 0 Å². The molecule has 1 rings (SSSR count). The fourth-order valence-electron chi connectivity index (χ4n) is 1.55. The van der Waals surface area contributed by atoms with Gasteiger partial charge >= 0.3 is 0 Å². The largest absolute Gasteiger partial charge is 0.293 e. The Morgan fingerprint density at radius 2 is 1.93 bits per heavy atom. The summed E-state index contributed by atoms with van der Waals surface area (Å²) in [5.41, 5.74) is 0.297. The molecule has 0 saturated heterocycles. The molecule has 1 heterocycles. The fraction of sp³-hybridized carbons (Fsp3) is 0.545. The van der Waals surface area contributed by atoms with Crippen LogP contribution in [0.2, 0.25) is 0 Å². The molecule has 0 aliphatic rings. The van der Waals surface area contributed by atoms with E-state index in [1.165, 1.54) is 6.33 Å². The van der Waals surface area contributed by atoms with Crippen molar-refractivity contribution in [2.45, 2.75) is 33.6 Å². The Labute approximate surface area is 84.6 Å². The summed E-state index contributed by atoms with van der Waals surface area (Å²) in [6.07, 6.45) is 6.48. The van der Waals surface area contributed by atoms with Crippen molar-refractivity contribution in [2.24, 2.45) is 5.41 Å². The van der Waals surface area contributed by atoms with Crippen LogP contribution in [0.5, 0.6) is 0 Å². The van der Waals surface area contributed by atoms with Gasteiger partial charge in [0.1, 0.15) is 6.33 Å². The van der Waals surface area contributed by atoms with Gasteiger partial charge in [0.2, 0.25) is 0 Å². The van der Waals surface area contributed by atoms with E-state index in [2.05, 4.69) is 16.9 Å². The molecule has 0 amide bonds. The Balaban J connectivity index is 2.85. The maximum absolute atomic E-state index is 12.0. The quantitative estimate of drug-likeness (QED) is 0.688. The highest BCUT2D eigenvalue weighted by molar-refractivity contribution is 5.99. The Hall–Kier alpha value is -1.25. The van der Waals surface area contributed by atoms with Gasteiger partial charge in [0.15, 0.2) is 5.78 Å². The Morgan fingerprint density at radius 3 is 2.43 bits per heavy atom. The second kappa shape index (κ2) is 4.31. The van der Waals surface area contributed by atoms with E-state index in [0.717, 1.165) is 12.8 Å². The third-order valence-electron chi connectivity index (χ3n) is 2.31. The van der Waals surface area contributed by atoms with Gasteiger partial charge in [-0.2, -0.15) is 0 Å². The molecule has 1 aromatic heterocycles. The first-order valence-corrected chi connectivity index (χ1v) is 4.87. The van der Waals surface area contributed by atoms with Crippen LogP contribution in [0.4, 0.5) is 0 Å². The average Bonchev–Trinajstić information content (AvgIpc) is 2.18. The fourth-order valence-corrected chi connectivity index (χ4v) is 1.55. The minimum absolute atomic E-state index is 0.125. The SMILES string of the molecule is CCCC(C)(C)C(=O)c1cncnc1. The predicted molar refractivity (Wildman–Crippen MR) is 55.1 cm³/mol. The summed E-state index contributed by atoms with van der Waals surface area (Å²) < 4.78 is 0. The molecule has 76 valence electrons. The summed E-state index contributed by atoms with van der Waals surface area (Å²) in [6, 6.07) is 0. The summed E-state index contributed by atoms with van der Waals surface area (Å²) in [6.45, 7) is 6.01. The van der Waals surface area contributed by atoms with Crippen LogP contribution in [0.15, 0.2) is 18.7 Å². The van der Waals surface area contributed by atoms with Crippen LogP contribution in [0.1, 0.15) is 44.0 Å². The molecule has 14 heavy (non-hydrogen) atoms. The molecule has 0 N–H and O–H groups in total. The first-order valence-electron chi connectivity index (χ1n) is 4.87. The van der Waals surface area contributed by atoms with E-state index in [1.807, 2.05) is 13.8 Å². The highest BCUT2D eigenvalue weighted by atomic mass is 16.1. The van der Waals surface area contributed by atoms with E-state index < -0.39 is 0 Å². The van der Waals surface area contributed by atoms with E-state index >= 15 is 0 Å². The van der Waals surface area contributed by atoms with Crippen LogP contribution < -0.4 is 0 Å². The molecular formula is C11H16N2O.